The van der Waals surface area contributed by atoms with Gasteiger partial charge in [-0.05, 0) is 13.0 Å². The van der Waals surface area contributed by atoms with E-state index in [4.69, 9.17) is 5.11 Å². The number of rotatable bonds is 4. The molecule has 0 unspecified atom stereocenters. The van der Waals surface area contributed by atoms with E-state index in [1.54, 1.807) is 18.2 Å². The maximum atomic E-state index is 13.1. The molecule has 0 spiro atoms. The topological polar surface area (TPSA) is 49.3 Å². The van der Waals surface area contributed by atoms with Gasteiger partial charge in [-0.1, -0.05) is 18.2 Å². The van der Waals surface area contributed by atoms with Gasteiger partial charge in [0, 0.05) is 12.1 Å². The van der Waals surface area contributed by atoms with Crippen LogP contribution in [0, 0.1) is 5.82 Å². The van der Waals surface area contributed by atoms with Crippen molar-refractivity contribution in [2.75, 3.05) is 0 Å². The number of halogens is 1. The summed E-state index contributed by atoms with van der Waals surface area (Å²) in [6.45, 7) is 1.74. The van der Waals surface area contributed by atoms with Gasteiger partial charge in [-0.15, -0.1) is 0 Å². The summed E-state index contributed by atoms with van der Waals surface area (Å²) in [5.74, 6) is -1.26. The third-order valence-electron chi connectivity index (χ3n) is 1.93. The zero-order valence-corrected chi connectivity index (χ0v) is 7.83. The van der Waals surface area contributed by atoms with Crippen LogP contribution in [-0.2, 0) is 11.3 Å². The number of hydrogen-bond donors (Lipinski definition) is 2. The van der Waals surface area contributed by atoms with Gasteiger partial charge in [0.15, 0.2) is 0 Å². The van der Waals surface area contributed by atoms with Gasteiger partial charge in [0.05, 0.1) is 0 Å². The molecule has 0 aliphatic heterocycles. The minimum atomic E-state index is -0.943. The standard InChI is InChI=1S/C10H12FNO2/c1-7(10(13)14)12-6-8-4-2-3-5-9(8)11/h2-5,7,12H,6H2,1H3,(H,13,14)/t7-/m0/s1. The smallest absolute Gasteiger partial charge is 0.320 e. The fraction of sp³-hybridized carbons (Fsp3) is 0.300. The van der Waals surface area contributed by atoms with E-state index in [-0.39, 0.29) is 12.4 Å². The summed E-state index contributed by atoms with van der Waals surface area (Å²) in [7, 11) is 0. The summed E-state index contributed by atoms with van der Waals surface area (Å²) in [5.41, 5.74) is 0.473. The Morgan fingerprint density at radius 3 is 2.79 bits per heavy atom. The molecule has 1 atom stereocenters. The largest absolute Gasteiger partial charge is 0.480 e. The number of benzene rings is 1. The van der Waals surface area contributed by atoms with Crippen molar-refractivity contribution in [1.29, 1.82) is 0 Å². The van der Waals surface area contributed by atoms with Crippen LogP contribution in [0.5, 0.6) is 0 Å². The van der Waals surface area contributed by atoms with Crippen LogP contribution in [0.4, 0.5) is 4.39 Å². The summed E-state index contributed by atoms with van der Waals surface area (Å²) < 4.78 is 13.1. The van der Waals surface area contributed by atoms with Crippen LogP contribution in [0.3, 0.4) is 0 Å². The molecule has 3 nitrogen and oxygen atoms in total. The first kappa shape index (κ1) is 10.7. The van der Waals surface area contributed by atoms with Crippen LogP contribution in [0.1, 0.15) is 12.5 Å². The summed E-state index contributed by atoms with van der Waals surface area (Å²) in [6.07, 6.45) is 0. The van der Waals surface area contributed by atoms with E-state index in [1.165, 1.54) is 13.0 Å². The van der Waals surface area contributed by atoms with E-state index in [0.29, 0.717) is 5.56 Å². The van der Waals surface area contributed by atoms with Crippen LogP contribution in [-0.4, -0.2) is 17.1 Å². The molecular weight excluding hydrogens is 185 g/mol. The quantitative estimate of drug-likeness (QED) is 0.766. The van der Waals surface area contributed by atoms with Crippen molar-refractivity contribution in [3.05, 3.63) is 35.6 Å². The Morgan fingerprint density at radius 1 is 1.57 bits per heavy atom. The number of carbonyl (C=O) groups is 1. The van der Waals surface area contributed by atoms with E-state index in [9.17, 15) is 9.18 Å². The molecule has 76 valence electrons. The second kappa shape index (κ2) is 4.72. The first-order chi connectivity index (χ1) is 6.61. The summed E-state index contributed by atoms with van der Waals surface area (Å²) in [5, 5.41) is 11.3. The van der Waals surface area contributed by atoms with Gasteiger partial charge < -0.3 is 10.4 Å². The predicted molar refractivity (Wildman–Crippen MR) is 50.3 cm³/mol. The van der Waals surface area contributed by atoms with Crippen LogP contribution in [0.25, 0.3) is 0 Å². The molecular formula is C10H12FNO2. The Bertz CT molecular complexity index is 328. The molecule has 2 N–H and O–H groups in total. The molecule has 0 amide bonds. The molecule has 0 radical (unpaired) electrons. The molecule has 0 aliphatic carbocycles. The average molecular weight is 197 g/mol. The van der Waals surface area contributed by atoms with Crippen molar-refractivity contribution in [3.8, 4) is 0 Å². The van der Waals surface area contributed by atoms with Crippen molar-refractivity contribution in [3.63, 3.8) is 0 Å². The van der Waals surface area contributed by atoms with Gasteiger partial charge in [-0.3, -0.25) is 4.79 Å². The number of carboxylic acids is 1. The van der Waals surface area contributed by atoms with E-state index in [2.05, 4.69) is 5.32 Å². The summed E-state index contributed by atoms with van der Waals surface area (Å²) in [6, 6.07) is 5.61. The van der Waals surface area contributed by atoms with E-state index >= 15 is 0 Å². The van der Waals surface area contributed by atoms with Gasteiger partial charge >= 0.3 is 5.97 Å². The number of hydrogen-bond acceptors (Lipinski definition) is 2. The Labute approximate surface area is 81.6 Å². The fourth-order valence-corrected chi connectivity index (χ4v) is 0.992. The average Bonchev–Trinajstić information content (AvgIpc) is 2.16. The normalized spacial score (nSPS) is 12.4. The highest BCUT2D eigenvalue weighted by Gasteiger charge is 2.10. The molecule has 0 aliphatic rings. The lowest BCUT2D eigenvalue weighted by Crippen LogP contribution is -2.33. The van der Waals surface area contributed by atoms with E-state index in [0.717, 1.165) is 0 Å². The Kier molecular flexibility index (Phi) is 3.59. The molecule has 0 heterocycles. The Morgan fingerprint density at radius 2 is 2.21 bits per heavy atom. The highest BCUT2D eigenvalue weighted by molar-refractivity contribution is 5.72. The van der Waals surface area contributed by atoms with Gasteiger partial charge in [0.1, 0.15) is 11.9 Å². The number of nitrogens with one attached hydrogen (secondary N) is 1. The molecule has 4 heteroatoms. The lowest BCUT2D eigenvalue weighted by Gasteiger charge is -2.09. The molecule has 1 rings (SSSR count). The molecule has 0 fully saturated rings. The Hall–Kier alpha value is -1.42. The number of carboxylic acid groups (broad SMARTS) is 1. The fourth-order valence-electron chi connectivity index (χ4n) is 0.992. The zero-order valence-electron chi connectivity index (χ0n) is 7.83. The molecule has 14 heavy (non-hydrogen) atoms. The monoisotopic (exact) mass is 197 g/mol. The van der Waals surface area contributed by atoms with Crippen molar-refractivity contribution in [2.24, 2.45) is 0 Å². The third kappa shape index (κ3) is 2.81. The lowest BCUT2D eigenvalue weighted by molar-refractivity contribution is -0.139. The molecule has 1 aromatic carbocycles. The van der Waals surface area contributed by atoms with Crippen LogP contribution >= 0.6 is 0 Å². The minimum absolute atomic E-state index is 0.222. The molecule has 0 bridgehead atoms. The summed E-state index contributed by atoms with van der Waals surface area (Å²) in [4.78, 5) is 10.4. The highest BCUT2D eigenvalue weighted by Crippen LogP contribution is 2.05. The van der Waals surface area contributed by atoms with Crippen LogP contribution in [0.2, 0.25) is 0 Å². The van der Waals surface area contributed by atoms with Crippen molar-refractivity contribution in [2.45, 2.75) is 19.5 Å². The summed E-state index contributed by atoms with van der Waals surface area (Å²) >= 11 is 0. The van der Waals surface area contributed by atoms with Crippen LogP contribution < -0.4 is 5.32 Å². The zero-order chi connectivity index (χ0) is 10.6. The van der Waals surface area contributed by atoms with Gasteiger partial charge in [-0.25, -0.2) is 4.39 Å². The Balaban J connectivity index is 2.54. The second-order valence-electron chi connectivity index (χ2n) is 3.03. The van der Waals surface area contributed by atoms with Gasteiger partial charge in [0.25, 0.3) is 0 Å². The molecule has 1 aromatic rings. The van der Waals surface area contributed by atoms with E-state index in [1.807, 2.05) is 0 Å². The SMILES string of the molecule is C[C@H](NCc1ccccc1F)C(=O)O. The highest BCUT2D eigenvalue weighted by atomic mass is 19.1. The third-order valence-corrected chi connectivity index (χ3v) is 1.93. The van der Waals surface area contributed by atoms with E-state index < -0.39 is 12.0 Å². The van der Waals surface area contributed by atoms with Crippen LogP contribution in [0.15, 0.2) is 24.3 Å². The van der Waals surface area contributed by atoms with Gasteiger partial charge in [0.2, 0.25) is 0 Å². The molecule has 0 aromatic heterocycles. The first-order valence-corrected chi connectivity index (χ1v) is 4.31. The first-order valence-electron chi connectivity index (χ1n) is 4.31. The van der Waals surface area contributed by atoms with Crippen molar-refractivity contribution >= 4 is 5.97 Å². The van der Waals surface area contributed by atoms with Crippen molar-refractivity contribution < 1.29 is 14.3 Å². The predicted octanol–water partition coefficient (Wildman–Crippen LogP) is 1.39. The maximum Gasteiger partial charge on any atom is 0.320 e. The second-order valence-corrected chi connectivity index (χ2v) is 3.03. The van der Waals surface area contributed by atoms with Gasteiger partial charge in [-0.2, -0.15) is 0 Å². The molecule has 0 saturated heterocycles. The maximum absolute atomic E-state index is 13.1. The van der Waals surface area contributed by atoms with Crippen molar-refractivity contribution in [1.82, 2.24) is 5.32 Å². The minimum Gasteiger partial charge on any atom is -0.480 e. The lowest BCUT2D eigenvalue weighted by atomic mass is 10.2. The number of aliphatic carboxylic acids is 1. The molecule has 0 saturated carbocycles.